The molecule has 0 aliphatic rings. The van der Waals surface area contributed by atoms with Crippen LogP contribution in [-0.4, -0.2) is 34.8 Å². The smallest absolute Gasteiger partial charge is 0.119 e. The van der Waals surface area contributed by atoms with Gasteiger partial charge in [0.05, 0.1) is 19.8 Å². The van der Waals surface area contributed by atoms with Gasteiger partial charge in [0.25, 0.3) is 0 Å². The van der Waals surface area contributed by atoms with Crippen molar-refractivity contribution >= 4 is 0 Å². The molecular weight excluding hydrogens is 847 g/mol. The summed E-state index contributed by atoms with van der Waals surface area (Å²) in [6.07, 6.45) is 11.2. The largest absolute Gasteiger partial charge is 0.494 e. The first-order valence-electron chi connectivity index (χ1n) is 23.6. The lowest BCUT2D eigenvalue weighted by molar-refractivity contribution is 0.340. The number of pyridine rings is 3. The molecule has 0 aliphatic heterocycles. The molecule has 0 saturated heterocycles. The minimum Gasteiger partial charge on any atom is -0.494 e. The first kappa shape index (κ1) is 44.2. The molecule has 0 N–H and O–H groups in total. The van der Waals surface area contributed by atoms with E-state index in [-0.39, 0.29) is 0 Å². The van der Waals surface area contributed by atoms with Crippen molar-refractivity contribution in [2.45, 2.75) is 20.8 Å². The molecule has 0 saturated carbocycles. The Balaban J connectivity index is 1.38. The Morgan fingerprint density at radius 3 is 0.638 bits per heavy atom. The van der Waals surface area contributed by atoms with Gasteiger partial charge >= 0.3 is 0 Å². The lowest BCUT2D eigenvalue weighted by Crippen LogP contribution is -2.03. The molecule has 10 rings (SSSR count). The van der Waals surface area contributed by atoms with Gasteiger partial charge in [-0.15, -0.1) is 0 Å². The third-order valence-corrected chi connectivity index (χ3v) is 12.4. The molecule has 0 aliphatic carbocycles. The Kier molecular flexibility index (Phi) is 13.1. The number of rotatable bonds is 15. The summed E-state index contributed by atoms with van der Waals surface area (Å²) in [7, 11) is 0. The molecule has 69 heavy (non-hydrogen) atoms. The maximum atomic E-state index is 6.07. The Morgan fingerprint density at radius 1 is 0.246 bits per heavy atom. The molecule has 0 atom stereocenters. The highest BCUT2D eigenvalue weighted by Crippen LogP contribution is 2.56. The molecule has 0 spiro atoms. The summed E-state index contributed by atoms with van der Waals surface area (Å²) in [4.78, 5) is 13.3. The fraction of sp³-hybridized carbons (Fsp3) is 0.0952. The number of hydrogen-bond donors (Lipinski definition) is 0. The van der Waals surface area contributed by atoms with Crippen molar-refractivity contribution in [2.75, 3.05) is 19.8 Å². The standard InChI is InChI=1S/C63H51N3O3/c1-4-67-55-31-25-49(26-32-55)61-58(46-19-13-43(14-20-46)52-10-7-37-64-40-52)62(50-27-33-56(34-28-50)68-5-2)60(48-23-17-45(18-24-48)54-12-9-39-66-42-54)63(51-29-35-57(36-30-51)69-6-3)59(61)47-21-15-44(16-22-47)53-11-8-38-65-41-53/h7-42H,4-6H2,1-3H3. The van der Waals surface area contributed by atoms with Crippen LogP contribution in [0.4, 0.5) is 0 Å². The summed E-state index contributed by atoms with van der Waals surface area (Å²) < 4.78 is 18.2. The second-order valence-electron chi connectivity index (χ2n) is 16.6. The normalized spacial score (nSPS) is 11.0. The summed E-state index contributed by atoms with van der Waals surface area (Å²) in [5, 5.41) is 0. The molecule has 3 heterocycles. The van der Waals surface area contributed by atoms with E-state index in [2.05, 4.69) is 179 Å². The lowest BCUT2D eigenvalue weighted by Gasteiger charge is -2.29. The summed E-state index contributed by atoms with van der Waals surface area (Å²) >= 11 is 0. The van der Waals surface area contributed by atoms with Crippen molar-refractivity contribution in [1.29, 1.82) is 0 Å². The predicted octanol–water partition coefficient (Wildman–Crippen LogP) is 16.1. The number of aromatic nitrogens is 3. The number of ether oxygens (including phenoxy) is 3. The Bertz CT molecular complexity index is 2890. The van der Waals surface area contributed by atoms with Gasteiger partial charge in [-0.05, 0) is 176 Å². The van der Waals surface area contributed by atoms with Crippen molar-refractivity contribution in [2.24, 2.45) is 0 Å². The second-order valence-corrected chi connectivity index (χ2v) is 16.6. The van der Waals surface area contributed by atoms with Crippen molar-refractivity contribution < 1.29 is 14.2 Å². The van der Waals surface area contributed by atoms with Crippen molar-refractivity contribution in [3.8, 4) is 117 Å². The number of benzene rings is 7. The molecule has 0 radical (unpaired) electrons. The maximum absolute atomic E-state index is 6.07. The van der Waals surface area contributed by atoms with Gasteiger partial charge in [0.1, 0.15) is 17.2 Å². The van der Waals surface area contributed by atoms with E-state index in [9.17, 15) is 0 Å². The molecule has 10 aromatic rings. The highest BCUT2D eigenvalue weighted by Gasteiger charge is 2.29. The molecule has 0 bridgehead atoms. The fourth-order valence-corrected chi connectivity index (χ4v) is 9.22. The molecule has 7 aromatic carbocycles. The molecule has 0 fully saturated rings. The fourth-order valence-electron chi connectivity index (χ4n) is 9.22. The third-order valence-electron chi connectivity index (χ3n) is 12.4. The van der Waals surface area contributed by atoms with Crippen LogP contribution >= 0.6 is 0 Å². The van der Waals surface area contributed by atoms with E-state index in [4.69, 9.17) is 14.2 Å². The van der Waals surface area contributed by atoms with Gasteiger partial charge in [-0.25, -0.2) is 0 Å². The summed E-state index contributed by atoms with van der Waals surface area (Å²) in [6, 6.07) is 64.8. The minimum atomic E-state index is 0.570. The highest BCUT2D eigenvalue weighted by molar-refractivity contribution is 6.15. The predicted molar refractivity (Wildman–Crippen MR) is 282 cm³/mol. The zero-order chi connectivity index (χ0) is 46.9. The Labute approximate surface area is 404 Å². The average Bonchev–Trinajstić information content (AvgIpc) is 3.42. The molecule has 336 valence electrons. The van der Waals surface area contributed by atoms with Crippen LogP contribution in [0.25, 0.3) is 100 Å². The van der Waals surface area contributed by atoms with Gasteiger partial charge in [0.2, 0.25) is 0 Å². The van der Waals surface area contributed by atoms with Crippen LogP contribution in [0.1, 0.15) is 20.8 Å². The first-order chi connectivity index (χ1) is 34.1. The summed E-state index contributed by atoms with van der Waals surface area (Å²) in [5.41, 5.74) is 19.3. The highest BCUT2D eigenvalue weighted by atomic mass is 16.5. The van der Waals surface area contributed by atoms with E-state index in [1.54, 1.807) is 0 Å². The van der Waals surface area contributed by atoms with E-state index in [1.165, 1.54) is 0 Å². The van der Waals surface area contributed by atoms with Gasteiger partial charge in [-0.2, -0.15) is 0 Å². The SMILES string of the molecule is CCOc1ccc(-c2c(-c3ccc(-c4cccnc4)cc3)c(-c3ccc(OCC)cc3)c(-c3ccc(-c4cccnc4)cc3)c(-c3ccc(OCC)cc3)c2-c2ccc(-c3cccnc3)cc2)cc1. The minimum absolute atomic E-state index is 0.570. The van der Waals surface area contributed by atoms with Crippen LogP contribution in [0.15, 0.2) is 219 Å². The zero-order valence-corrected chi connectivity index (χ0v) is 39.0. The molecule has 6 heteroatoms. The van der Waals surface area contributed by atoms with E-state index in [0.717, 1.165) is 117 Å². The second kappa shape index (κ2) is 20.5. The topological polar surface area (TPSA) is 66.4 Å². The van der Waals surface area contributed by atoms with E-state index in [1.807, 2.05) is 76.2 Å². The van der Waals surface area contributed by atoms with Gasteiger partial charge in [-0.1, -0.05) is 127 Å². The summed E-state index contributed by atoms with van der Waals surface area (Å²) in [5.74, 6) is 2.44. The molecule has 3 aromatic heterocycles. The van der Waals surface area contributed by atoms with Gasteiger partial charge in [-0.3, -0.25) is 15.0 Å². The van der Waals surface area contributed by atoms with Crippen LogP contribution in [0.3, 0.4) is 0 Å². The number of hydrogen-bond acceptors (Lipinski definition) is 6. The van der Waals surface area contributed by atoms with Crippen molar-refractivity contribution in [1.82, 2.24) is 15.0 Å². The van der Waals surface area contributed by atoms with Crippen LogP contribution < -0.4 is 14.2 Å². The van der Waals surface area contributed by atoms with Gasteiger partial charge < -0.3 is 14.2 Å². The third kappa shape index (κ3) is 9.38. The van der Waals surface area contributed by atoms with E-state index in [0.29, 0.717) is 19.8 Å². The average molecular weight is 898 g/mol. The lowest BCUT2D eigenvalue weighted by atomic mass is 9.74. The van der Waals surface area contributed by atoms with Crippen molar-refractivity contribution in [3.63, 3.8) is 0 Å². The van der Waals surface area contributed by atoms with Gasteiger partial charge in [0.15, 0.2) is 0 Å². The van der Waals surface area contributed by atoms with Crippen LogP contribution in [-0.2, 0) is 0 Å². The Morgan fingerprint density at radius 2 is 0.449 bits per heavy atom. The van der Waals surface area contributed by atoms with Gasteiger partial charge in [0, 0.05) is 37.2 Å². The molecule has 0 unspecified atom stereocenters. The molecular formula is C63H51N3O3. The monoisotopic (exact) mass is 897 g/mol. The molecule has 6 nitrogen and oxygen atoms in total. The van der Waals surface area contributed by atoms with E-state index < -0.39 is 0 Å². The van der Waals surface area contributed by atoms with Crippen LogP contribution in [0, 0.1) is 0 Å². The van der Waals surface area contributed by atoms with E-state index >= 15 is 0 Å². The zero-order valence-electron chi connectivity index (χ0n) is 39.0. The summed E-state index contributed by atoms with van der Waals surface area (Å²) in [6.45, 7) is 7.76. The van der Waals surface area contributed by atoms with Crippen LogP contribution in [0.5, 0.6) is 17.2 Å². The number of nitrogens with zero attached hydrogens (tertiary/aromatic N) is 3. The quantitative estimate of drug-likeness (QED) is 0.102. The van der Waals surface area contributed by atoms with Crippen molar-refractivity contribution in [3.05, 3.63) is 219 Å². The first-order valence-corrected chi connectivity index (χ1v) is 23.6. The maximum Gasteiger partial charge on any atom is 0.119 e. The Hall–Kier alpha value is -8.61. The molecule has 0 amide bonds. The van der Waals surface area contributed by atoms with Crippen LogP contribution in [0.2, 0.25) is 0 Å².